The number of aromatic nitrogens is 2. The molecule has 0 aliphatic heterocycles. The molecule has 2 aromatic rings. The van der Waals surface area contributed by atoms with Crippen LogP contribution in [0, 0.1) is 0 Å². The van der Waals surface area contributed by atoms with Crippen LogP contribution in [0.3, 0.4) is 0 Å². The van der Waals surface area contributed by atoms with Gasteiger partial charge in [-0.25, -0.2) is 9.97 Å². The monoisotopic (exact) mass is 325 g/mol. The third kappa shape index (κ3) is 3.22. The molecule has 0 amide bonds. The maximum absolute atomic E-state index is 5.73. The predicted octanol–water partition coefficient (Wildman–Crippen LogP) is 3.21. The highest BCUT2D eigenvalue weighted by molar-refractivity contribution is 9.10. The van der Waals surface area contributed by atoms with Crippen molar-refractivity contribution in [2.75, 3.05) is 6.26 Å². The van der Waals surface area contributed by atoms with Crippen molar-refractivity contribution in [1.82, 2.24) is 9.97 Å². The zero-order valence-electron chi connectivity index (χ0n) is 9.76. The summed E-state index contributed by atoms with van der Waals surface area (Å²) >= 11 is 4.95. The topological polar surface area (TPSA) is 61.0 Å². The largest absolute Gasteiger partial charge is 0.439 e. The van der Waals surface area contributed by atoms with E-state index in [2.05, 4.69) is 25.9 Å². The minimum Gasteiger partial charge on any atom is -0.439 e. The van der Waals surface area contributed by atoms with E-state index in [9.17, 15) is 0 Å². The van der Waals surface area contributed by atoms with Crippen molar-refractivity contribution in [3.8, 4) is 11.6 Å². The molecule has 18 heavy (non-hydrogen) atoms. The third-order valence-corrected chi connectivity index (χ3v) is 3.42. The van der Waals surface area contributed by atoms with E-state index in [-0.39, 0.29) is 0 Å². The molecular formula is C12H12BrN3OS. The highest BCUT2D eigenvalue weighted by Gasteiger charge is 2.06. The van der Waals surface area contributed by atoms with Crippen LogP contribution < -0.4 is 10.5 Å². The van der Waals surface area contributed by atoms with Crippen molar-refractivity contribution in [3.05, 3.63) is 40.6 Å². The second-order valence-electron chi connectivity index (χ2n) is 3.46. The Hall–Kier alpha value is -1.11. The van der Waals surface area contributed by atoms with Crippen LogP contribution in [0.15, 0.2) is 40.1 Å². The SMILES string of the molecule is CSc1cc(Oc2ccc(Br)cc2CN)ncn1. The lowest BCUT2D eigenvalue weighted by Gasteiger charge is -2.09. The highest BCUT2D eigenvalue weighted by atomic mass is 79.9. The summed E-state index contributed by atoms with van der Waals surface area (Å²) in [6, 6.07) is 7.51. The van der Waals surface area contributed by atoms with E-state index in [1.165, 1.54) is 6.33 Å². The molecule has 6 heteroatoms. The molecule has 0 aliphatic carbocycles. The maximum atomic E-state index is 5.73. The van der Waals surface area contributed by atoms with Crippen LogP contribution in [-0.4, -0.2) is 16.2 Å². The fourth-order valence-corrected chi connectivity index (χ4v) is 2.19. The van der Waals surface area contributed by atoms with Crippen LogP contribution in [-0.2, 0) is 6.54 Å². The Labute approximate surface area is 118 Å². The van der Waals surface area contributed by atoms with Gasteiger partial charge < -0.3 is 10.5 Å². The summed E-state index contributed by atoms with van der Waals surface area (Å²) in [5.41, 5.74) is 6.62. The average Bonchev–Trinajstić information content (AvgIpc) is 2.41. The van der Waals surface area contributed by atoms with Gasteiger partial charge in [-0.3, -0.25) is 0 Å². The first-order chi connectivity index (χ1) is 8.72. The van der Waals surface area contributed by atoms with Crippen LogP contribution >= 0.6 is 27.7 Å². The summed E-state index contributed by atoms with van der Waals surface area (Å²) in [4.78, 5) is 8.18. The van der Waals surface area contributed by atoms with Crippen molar-refractivity contribution < 1.29 is 4.74 Å². The molecule has 0 aliphatic rings. The van der Waals surface area contributed by atoms with Gasteiger partial charge in [0.2, 0.25) is 5.88 Å². The maximum Gasteiger partial charge on any atom is 0.223 e. The van der Waals surface area contributed by atoms with Crippen molar-refractivity contribution in [2.24, 2.45) is 5.73 Å². The average molecular weight is 326 g/mol. The van der Waals surface area contributed by atoms with Gasteiger partial charge in [0, 0.05) is 22.6 Å². The first-order valence-corrected chi connectivity index (χ1v) is 7.27. The van der Waals surface area contributed by atoms with Crippen molar-refractivity contribution in [3.63, 3.8) is 0 Å². The second-order valence-corrected chi connectivity index (χ2v) is 5.20. The van der Waals surface area contributed by atoms with Crippen LogP contribution in [0.2, 0.25) is 0 Å². The van der Waals surface area contributed by atoms with Gasteiger partial charge >= 0.3 is 0 Å². The molecule has 0 saturated carbocycles. The quantitative estimate of drug-likeness (QED) is 0.690. The minimum atomic E-state index is 0.412. The zero-order valence-corrected chi connectivity index (χ0v) is 12.2. The summed E-state index contributed by atoms with van der Waals surface area (Å²) in [6.07, 6.45) is 3.44. The Morgan fingerprint density at radius 3 is 2.89 bits per heavy atom. The molecule has 1 aromatic carbocycles. The zero-order chi connectivity index (χ0) is 13.0. The number of halogens is 1. The molecule has 0 fully saturated rings. The molecule has 1 aromatic heterocycles. The van der Waals surface area contributed by atoms with Crippen LogP contribution in [0.5, 0.6) is 11.6 Å². The number of hydrogen-bond donors (Lipinski definition) is 1. The lowest BCUT2D eigenvalue weighted by Crippen LogP contribution is -2.00. The van der Waals surface area contributed by atoms with Gasteiger partial charge in [-0.15, -0.1) is 11.8 Å². The highest BCUT2D eigenvalue weighted by Crippen LogP contribution is 2.27. The van der Waals surface area contributed by atoms with Gasteiger partial charge in [-0.2, -0.15) is 0 Å². The molecule has 1 heterocycles. The second kappa shape index (κ2) is 6.17. The van der Waals surface area contributed by atoms with Gasteiger partial charge in [-0.05, 0) is 24.5 Å². The molecule has 94 valence electrons. The normalized spacial score (nSPS) is 10.4. The van der Waals surface area contributed by atoms with Gasteiger partial charge in [0.1, 0.15) is 17.1 Å². The molecule has 0 spiro atoms. The Balaban J connectivity index is 2.27. The first kappa shape index (κ1) is 13.3. The molecule has 0 atom stereocenters. The van der Waals surface area contributed by atoms with E-state index in [1.807, 2.05) is 24.5 Å². The van der Waals surface area contributed by atoms with Crippen molar-refractivity contribution in [2.45, 2.75) is 11.6 Å². The van der Waals surface area contributed by atoms with E-state index in [1.54, 1.807) is 17.8 Å². The van der Waals surface area contributed by atoms with E-state index >= 15 is 0 Å². The fourth-order valence-electron chi connectivity index (χ4n) is 1.41. The summed E-state index contributed by atoms with van der Waals surface area (Å²) in [5.74, 6) is 1.23. The molecule has 2 N–H and O–H groups in total. The summed E-state index contributed by atoms with van der Waals surface area (Å²) in [6.45, 7) is 0.412. The first-order valence-electron chi connectivity index (χ1n) is 5.25. The van der Waals surface area contributed by atoms with E-state index in [4.69, 9.17) is 10.5 Å². The number of nitrogens with two attached hydrogens (primary N) is 1. The Kier molecular flexibility index (Phi) is 4.57. The molecule has 0 saturated heterocycles. The molecular weight excluding hydrogens is 314 g/mol. The molecule has 2 rings (SSSR count). The van der Waals surface area contributed by atoms with Gasteiger partial charge in [0.25, 0.3) is 0 Å². The van der Waals surface area contributed by atoms with Crippen LogP contribution in [0.25, 0.3) is 0 Å². The lowest BCUT2D eigenvalue weighted by atomic mass is 10.2. The van der Waals surface area contributed by atoms with Crippen molar-refractivity contribution >= 4 is 27.7 Å². The summed E-state index contributed by atoms with van der Waals surface area (Å²) < 4.78 is 6.71. The van der Waals surface area contributed by atoms with Crippen molar-refractivity contribution in [1.29, 1.82) is 0 Å². The van der Waals surface area contributed by atoms with E-state index < -0.39 is 0 Å². The lowest BCUT2D eigenvalue weighted by molar-refractivity contribution is 0.453. The van der Waals surface area contributed by atoms with Gasteiger partial charge in [-0.1, -0.05) is 15.9 Å². The number of nitrogens with zero attached hydrogens (tertiary/aromatic N) is 2. The predicted molar refractivity (Wildman–Crippen MR) is 75.9 cm³/mol. The minimum absolute atomic E-state index is 0.412. The van der Waals surface area contributed by atoms with Gasteiger partial charge in [0.15, 0.2) is 0 Å². The Morgan fingerprint density at radius 1 is 1.33 bits per heavy atom. The number of benzene rings is 1. The summed E-state index contributed by atoms with van der Waals surface area (Å²) in [7, 11) is 0. The third-order valence-electron chi connectivity index (χ3n) is 2.28. The van der Waals surface area contributed by atoms with Crippen LogP contribution in [0.4, 0.5) is 0 Å². The smallest absolute Gasteiger partial charge is 0.223 e. The number of rotatable bonds is 4. The van der Waals surface area contributed by atoms with E-state index in [0.29, 0.717) is 18.2 Å². The number of hydrogen-bond acceptors (Lipinski definition) is 5. The molecule has 0 unspecified atom stereocenters. The van der Waals surface area contributed by atoms with E-state index in [0.717, 1.165) is 15.1 Å². The number of ether oxygens (including phenoxy) is 1. The molecule has 0 bridgehead atoms. The summed E-state index contributed by atoms with van der Waals surface area (Å²) in [5, 5.41) is 0.867. The molecule has 4 nitrogen and oxygen atoms in total. The van der Waals surface area contributed by atoms with Gasteiger partial charge in [0.05, 0.1) is 0 Å². The Bertz CT molecular complexity index is 551. The Morgan fingerprint density at radius 2 is 2.17 bits per heavy atom. The molecule has 0 radical (unpaired) electrons. The standard InChI is InChI=1S/C12H12BrN3OS/c1-18-12-5-11(15-7-16-12)17-10-3-2-9(13)4-8(10)6-14/h2-5,7H,6,14H2,1H3. The number of thioether (sulfide) groups is 1. The fraction of sp³-hybridized carbons (Fsp3) is 0.167. The van der Waals surface area contributed by atoms with Crippen LogP contribution in [0.1, 0.15) is 5.56 Å².